The van der Waals surface area contributed by atoms with E-state index in [-0.39, 0.29) is 43.1 Å². The number of carbonyl (C=O) groups is 2. The molecule has 0 aliphatic heterocycles. The molecule has 0 aliphatic carbocycles. The standard InChI is InChI=1S/C26H25Cl2FN2O5S/c1-5-7-20(35-3)15-8-6-9-16(21(15)29)22-25(36-4)37-26(30-22)31-23(32)14-11-18(27)17(19(28)12-14)10-13(2)24(33)34/h6,8-12,20H,5,7H2,1-4H3,(H,33,34)(H,30,31,32)/b13-10+. The van der Waals surface area contributed by atoms with E-state index in [0.29, 0.717) is 17.0 Å². The molecule has 2 N–H and O–H groups in total. The summed E-state index contributed by atoms with van der Waals surface area (Å²) in [5.41, 5.74) is 1.33. The number of methoxy groups -OCH3 is 2. The highest BCUT2D eigenvalue weighted by atomic mass is 35.5. The second-order valence-electron chi connectivity index (χ2n) is 8.02. The van der Waals surface area contributed by atoms with Crippen LogP contribution in [0.3, 0.4) is 0 Å². The Kier molecular flexibility index (Phi) is 9.67. The summed E-state index contributed by atoms with van der Waals surface area (Å²) in [7, 11) is 2.97. The lowest BCUT2D eigenvalue weighted by atomic mass is 10.0. The molecule has 37 heavy (non-hydrogen) atoms. The Balaban J connectivity index is 1.93. The third-order valence-corrected chi connectivity index (χ3v) is 7.06. The van der Waals surface area contributed by atoms with Crippen molar-refractivity contribution in [1.29, 1.82) is 0 Å². The fraction of sp³-hybridized carbons (Fsp3) is 0.269. The van der Waals surface area contributed by atoms with Gasteiger partial charge in [0.1, 0.15) is 11.5 Å². The van der Waals surface area contributed by atoms with E-state index in [4.69, 9.17) is 37.8 Å². The van der Waals surface area contributed by atoms with Gasteiger partial charge < -0.3 is 14.6 Å². The number of carboxylic acid groups (broad SMARTS) is 1. The van der Waals surface area contributed by atoms with Crippen LogP contribution in [0.15, 0.2) is 35.9 Å². The lowest BCUT2D eigenvalue weighted by Gasteiger charge is -2.17. The maximum Gasteiger partial charge on any atom is 0.331 e. The van der Waals surface area contributed by atoms with Crippen molar-refractivity contribution < 1.29 is 28.6 Å². The highest BCUT2D eigenvalue weighted by Crippen LogP contribution is 2.41. The van der Waals surface area contributed by atoms with Gasteiger partial charge in [-0.15, -0.1) is 0 Å². The molecule has 3 aromatic rings. The molecule has 3 rings (SSSR count). The Morgan fingerprint density at radius 1 is 1.24 bits per heavy atom. The number of carbonyl (C=O) groups excluding carboxylic acids is 1. The first-order valence-corrected chi connectivity index (χ1v) is 12.8. The van der Waals surface area contributed by atoms with E-state index in [1.54, 1.807) is 18.2 Å². The third kappa shape index (κ3) is 6.48. The number of nitrogens with zero attached hydrogens (tertiary/aromatic N) is 1. The van der Waals surface area contributed by atoms with Crippen LogP contribution < -0.4 is 10.1 Å². The Morgan fingerprint density at radius 3 is 2.49 bits per heavy atom. The summed E-state index contributed by atoms with van der Waals surface area (Å²) in [6, 6.07) is 7.73. The smallest absolute Gasteiger partial charge is 0.331 e. The Bertz CT molecular complexity index is 1340. The summed E-state index contributed by atoms with van der Waals surface area (Å²) < 4.78 is 26.4. The van der Waals surface area contributed by atoms with Crippen LogP contribution in [-0.4, -0.2) is 36.2 Å². The third-order valence-electron chi connectivity index (χ3n) is 5.51. The van der Waals surface area contributed by atoms with Crippen molar-refractivity contribution in [3.63, 3.8) is 0 Å². The average molecular weight is 567 g/mol. The Morgan fingerprint density at radius 2 is 1.92 bits per heavy atom. The summed E-state index contributed by atoms with van der Waals surface area (Å²) in [5.74, 6) is -2.15. The van der Waals surface area contributed by atoms with E-state index >= 15 is 4.39 Å². The number of aromatic nitrogens is 1. The van der Waals surface area contributed by atoms with Crippen molar-refractivity contribution >= 4 is 57.6 Å². The van der Waals surface area contributed by atoms with E-state index in [2.05, 4.69) is 10.3 Å². The summed E-state index contributed by atoms with van der Waals surface area (Å²) in [5, 5.41) is 12.5. The van der Waals surface area contributed by atoms with Crippen molar-refractivity contribution in [2.24, 2.45) is 0 Å². The molecule has 0 spiro atoms. The van der Waals surface area contributed by atoms with Crippen LogP contribution in [0.5, 0.6) is 5.06 Å². The first-order chi connectivity index (χ1) is 17.6. The number of amides is 1. The number of halogens is 3. The number of hydrogen-bond donors (Lipinski definition) is 2. The Labute approximate surface area is 227 Å². The second-order valence-corrected chi connectivity index (χ2v) is 9.80. The Hall–Kier alpha value is -2.98. The monoisotopic (exact) mass is 566 g/mol. The van der Waals surface area contributed by atoms with Gasteiger partial charge in [0.05, 0.1) is 23.3 Å². The molecule has 0 aliphatic rings. The molecule has 1 aromatic heterocycles. The van der Waals surface area contributed by atoms with Crippen LogP contribution in [0, 0.1) is 5.82 Å². The number of hydrogen-bond acceptors (Lipinski definition) is 6. The largest absolute Gasteiger partial charge is 0.486 e. The minimum atomic E-state index is -1.12. The van der Waals surface area contributed by atoms with Gasteiger partial charge in [-0.1, -0.05) is 60.0 Å². The predicted octanol–water partition coefficient (Wildman–Crippen LogP) is 7.49. The van der Waals surface area contributed by atoms with E-state index in [0.717, 1.165) is 17.8 Å². The van der Waals surface area contributed by atoms with E-state index < -0.39 is 23.8 Å². The number of benzene rings is 2. The molecule has 1 atom stereocenters. The van der Waals surface area contributed by atoms with Gasteiger partial charge in [0.2, 0.25) is 5.06 Å². The molecule has 1 unspecified atom stereocenters. The van der Waals surface area contributed by atoms with Gasteiger partial charge in [0.25, 0.3) is 5.91 Å². The molecule has 0 bridgehead atoms. The van der Waals surface area contributed by atoms with E-state index in [1.807, 2.05) is 6.92 Å². The van der Waals surface area contributed by atoms with Gasteiger partial charge in [-0.3, -0.25) is 10.1 Å². The van der Waals surface area contributed by atoms with Crippen LogP contribution in [0.25, 0.3) is 17.3 Å². The van der Waals surface area contributed by atoms with Crippen molar-refractivity contribution in [2.75, 3.05) is 19.5 Å². The highest BCUT2D eigenvalue weighted by molar-refractivity contribution is 7.18. The molecule has 7 nitrogen and oxygen atoms in total. The molecule has 0 saturated heterocycles. The zero-order chi connectivity index (χ0) is 27.3. The topological polar surface area (TPSA) is 97.8 Å². The van der Waals surface area contributed by atoms with Crippen LogP contribution in [0.1, 0.15) is 54.3 Å². The lowest BCUT2D eigenvalue weighted by Crippen LogP contribution is -2.12. The molecule has 11 heteroatoms. The fourth-order valence-electron chi connectivity index (χ4n) is 3.61. The quantitative estimate of drug-likeness (QED) is 0.246. The van der Waals surface area contributed by atoms with Gasteiger partial charge in [-0.25, -0.2) is 14.2 Å². The summed E-state index contributed by atoms with van der Waals surface area (Å²) in [6.45, 7) is 3.40. The average Bonchev–Trinajstić information content (AvgIpc) is 3.27. The van der Waals surface area contributed by atoms with Gasteiger partial charge in [-0.2, -0.15) is 0 Å². The van der Waals surface area contributed by atoms with Gasteiger partial charge >= 0.3 is 5.97 Å². The maximum atomic E-state index is 15.5. The van der Waals surface area contributed by atoms with Gasteiger partial charge in [0.15, 0.2) is 5.13 Å². The molecule has 1 heterocycles. The lowest BCUT2D eigenvalue weighted by molar-refractivity contribution is -0.132. The molecular formula is C26H25Cl2FN2O5S. The first kappa shape index (κ1) is 28.6. The SMILES string of the molecule is CCCC(OC)c1cccc(-c2nc(NC(=O)c3cc(Cl)c(/C=C(\C)C(=O)O)c(Cl)c3)sc2OC)c1F. The number of aliphatic carboxylic acids is 1. The number of carboxylic acids is 1. The molecular weight excluding hydrogens is 542 g/mol. The summed E-state index contributed by atoms with van der Waals surface area (Å²) in [6.07, 6.45) is 2.40. The molecule has 2 aromatic carbocycles. The number of thiazole rings is 1. The normalized spacial score (nSPS) is 12.4. The fourth-order valence-corrected chi connectivity index (χ4v) is 5.00. The van der Waals surface area contributed by atoms with Crippen LogP contribution in [-0.2, 0) is 9.53 Å². The van der Waals surface area contributed by atoms with Crippen molar-refractivity contribution in [2.45, 2.75) is 32.8 Å². The van der Waals surface area contributed by atoms with Gasteiger partial charge in [0, 0.05) is 34.9 Å². The zero-order valence-electron chi connectivity index (χ0n) is 20.5. The zero-order valence-corrected chi connectivity index (χ0v) is 22.9. The molecule has 196 valence electrons. The summed E-state index contributed by atoms with van der Waals surface area (Å²) in [4.78, 5) is 28.4. The van der Waals surface area contributed by atoms with Crippen LogP contribution in [0.4, 0.5) is 9.52 Å². The van der Waals surface area contributed by atoms with Crippen molar-refractivity contribution in [1.82, 2.24) is 4.98 Å². The number of nitrogens with one attached hydrogen (secondary N) is 1. The highest BCUT2D eigenvalue weighted by Gasteiger charge is 2.23. The maximum absolute atomic E-state index is 15.5. The minimum absolute atomic E-state index is 0.0335. The van der Waals surface area contributed by atoms with Crippen LogP contribution >= 0.6 is 34.5 Å². The first-order valence-electron chi connectivity index (χ1n) is 11.2. The van der Waals surface area contributed by atoms with Crippen LogP contribution in [0.2, 0.25) is 10.0 Å². The molecule has 1 amide bonds. The van der Waals surface area contributed by atoms with Crippen molar-refractivity contribution in [3.05, 3.63) is 68.5 Å². The van der Waals surface area contributed by atoms with E-state index in [9.17, 15) is 9.59 Å². The molecule has 0 saturated carbocycles. The minimum Gasteiger partial charge on any atom is -0.486 e. The summed E-state index contributed by atoms with van der Waals surface area (Å²) >= 11 is 13.6. The van der Waals surface area contributed by atoms with Gasteiger partial charge in [-0.05, 0) is 37.6 Å². The molecule has 0 fully saturated rings. The van der Waals surface area contributed by atoms with Crippen molar-refractivity contribution in [3.8, 4) is 16.3 Å². The number of rotatable bonds is 10. The molecule has 0 radical (unpaired) electrons. The number of anilines is 1. The predicted molar refractivity (Wildman–Crippen MR) is 144 cm³/mol. The van der Waals surface area contributed by atoms with E-state index in [1.165, 1.54) is 39.4 Å². The second kappa shape index (κ2) is 12.5. The number of ether oxygens (including phenoxy) is 2.